The predicted octanol–water partition coefficient (Wildman–Crippen LogP) is 2.62. The van der Waals surface area contributed by atoms with Crippen LogP contribution in [0.4, 0.5) is 11.4 Å². The zero-order valence-corrected chi connectivity index (χ0v) is 10.5. The Morgan fingerprint density at radius 2 is 2.44 bits per heavy atom. The molecular formula is C11H14ClN3O3. The van der Waals surface area contributed by atoms with Gasteiger partial charge in [0.1, 0.15) is 11.9 Å². The molecule has 0 amide bonds. The summed E-state index contributed by atoms with van der Waals surface area (Å²) in [6.45, 7) is 1.40. The summed E-state index contributed by atoms with van der Waals surface area (Å²) in [7, 11) is 0. The third-order valence-corrected chi connectivity index (χ3v) is 3.16. The van der Waals surface area contributed by atoms with Crippen molar-refractivity contribution >= 4 is 23.0 Å². The lowest BCUT2D eigenvalue weighted by molar-refractivity contribution is -0.384. The fourth-order valence-electron chi connectivity index (χ4n) is 1.97. The van der Waals surface area contributed by atoms with Gasteiger partial charge in [0.15, 0.2) is 0 Å². The lowest BCUT2D eigenvalue weighted by Gasteiger charge is -2.11. The van der Waals surface area contributed by atoms with Crippen LogP contribution in [0.15, 0.2) is 12.4 Å². The van der Waals surface area contributed by atoms with E-state index in [9.17, 15) is 10.1 Å². The van der Waals surface area contributed by atoms with E-state index in [1.807, 2.05) is 0 Å². The van der Waals surface area contributed by atoms with Crippen molar-refractivity contribution in [3.8, 4) is 0 Å². The highest BCUT2D eigenvalue weighted by Gasteiger charge is 2.19. The topological polar surface area (TPSA) is 77.3 Å². The van der Waals surface area contributed by atoms with Gasteiger partial charge < -0.3 is 10.1 Å². The molecule has 1 fully saturated rings. The van der Waals surface area contributed by atoms with Crippen LogP contribution in [0.25, 0.3) is 0 Å². The molecule has 1 aromatic heterocycles. The van der Waals surface area contributed by atoms with E-state index in [2.05, 4.69) is 10.3 Å². The van der Waals surface area contributed by atoms with E-state index in [0.717, 1.165) is 25.9 Å². The smallest absolute Gasteiger partial charge is 0.311 e. The van der Waals surface area contributed by atoms with Crippen LogP contribution in [0.1, 0.15) is 19.3 Å². The lowest BCUT2D eigenvalue weighted by Crippen LogP contribution is -2.13. The minimum Gasteiger partial charge on any atom is -0.378 e. The molecule has 0 bridgehead atoms. The third kappa shape index (κ3) is 3.08. The number of rotatable bonds is 5. The first-order valence-corrected chi connectivity index (χ1v) is 6.19. The largest absolute Gasteiger partial charge is 0.378 e. The van der Waals surface area contributed by atoms with Gasteiger partial charge in [-0.1, -0.05) is 11.6 Å². The molecule has 18 heavy (non-hydrogen) atoms. The predicted molar refractivity (Wildman–Crippen MR) is 68.0 cm³/mol. The molecule has 2 rings (SSSR count). The number of hydrogen-bond donors (Lipinski definition) is 1. The van der Waals surface area contributed by atoms with Crippen LogP contribution in [0, 0.1) is 10.1 Å². The average Bonchev–Trinajstić information content (AvgIpc) is 2.84. The van der Waals surface area contributed by atoms with Gasteiger partial charge in [-0.25, -0.2) is 0 Å². The highest BCUT2D eigenvalue weighted by Crippen LogP contribution is 2.30. The Balaban J connectivity index is 1.97. The number of halogens is 1. The highest BCUT2D eigenvalue weighted by atomic mass is 35.5. The van der Waals surface area contributed by atoms with E-state index in [1.54, 1.807) is 0 Å². The molecule has 0 spiro atoms. The zero-order chi connectivity index (χ0) is 13.0. The molecule has 0 aromatic carbocycles. The fraction of sp³-hybridized carbons (Fsp3) is 0.545. The van der Waals surface area contributed by atoms with Crippen LogP contribution in [0.2, 0.25) is 5.02 Å². The van der Waals surface area contributed by atoms with Gasteiger partial charge in [0.25, 0.3) is 0 Å². The number of nitrogens with one attached hydrogen (secondary N) is 1. The van der Waals surface area contributed by atoms with Crippen LogP contribution in [0.5, 0.6) is 0 Å². The van der Waals surface area contributed by atoms with Crippen molar-refractivity contribution in [3.63, 3.8) is 0 Å². The van der Waals surface area contributed by atoms with Gasteiger partial charge in [-0.2, -0.15) is 0 Å². The van der Waals surface area contributed by atoms with Crippen LogP contribution in [-0.4, -0.2) is 29.2 Å². The quantitative estimate of drug-likeness (QED) is 0.658. The number of nitrogens with zero attached hydrogens (tertiary/aromatic N) is 2. The molecule has 1 N–H and O–H groups in total. The van der Waals surface area contributed by atoms with Crippen LogP contribution >= 0.6 is 11.6 Å². The number of anilines is 1. The number of nitro groups is 1. The Morgan fingerprint density at radius 1 is 1.61 bits per heavy atom. The molecule has 2 heterocycles. The molecule has 1 aliphatic rings. The minimum absolute atomic E-state index is 0.102. The van der Waals surface area contributed by atoms with Crippen molar-refractivity contribution in [2.45, 2.75) is 25.4 Å². The van der Waals surface area contributed by atoms with E-state index in [4.69, 9.17) is 16.3 Å². The molecule has 0 aliphatic carbocycles. The van der Waals surface area contributed by atoms with Crippen molar-refractivity contribution in [2.24, 2.45) is 0 Å². The molecule has 0 saturated carbocycles. The van der Waals surface area contributed by atoms with Gasteiger partial charge in [-0.3, -0.25) is 15.1 Å². The lowest BCUT2D eigenvalue weighted by atomic mass is 10.2. The monoisotopic (exact) mass is 271 g/mol. The van der Waals surface area contributed by atoms with E-state index in [-0.39, 0.29) is 16.8 Å². The zero-order valence-electron chi connectivity index (χ0n) is 9.76. The van der Waals surface area contributed by atoms with Crippen molar-refractivity contribution < 1.29 is 9.66 Å². The summed E-state index contributed by atoms with van der Waals surface area (Å²) in [5.41, 5.74) is 0.226. The second-order valence-corrected chi connectivity index (χ2v) is 4.53. The number of ether oxygens (including phenoxy) is 1. The summed E-state index contributed by atoms with van der Waals surface area (Å²) in [6.07, 6.45) is 5.78. The Bertz CT molecular complexity index is 436. The maximum absolute atomic E-state index is 10.8. The summed E-state index contributed by atoms with van der Waals surface area (Å²) in [5, 5.41) is 14.1. The molecule has 1 atom stereocenters. The molecular weight excluding hydrogens is 258 g/mol. The Kier molecular flexibility index (Phi) is 4.33. The summed E-state index contributed by atoms with van der Waals surface area (Å²) in [4.78, 5) is 14.1. The normalized spacial score (nSPS) is 18.8. The fourth-order valence-corrected chi connectivity index (χ4v) is 2.19. The van der Waals surface area contributed by atoms with Crippen molar-refractivity contribution in [2.75, 3.05) is 18.5 Å². The van der Waals surface area contributed by atoms with Crippen LogP contribution in [-0.2, 0) is 4.74 Å². The third-order valence-electron chi connectivity index (χ3n) is 2.87. The second-order valence-electron chi connectivity index (χ2n) is 4.12. The van der Waals surface area contributed by atoms with Gasteiger partial charge >= 0.3 is 5.69 Å². The maximum Gasteiger partial charge on any atom is 0.311 e. The minimum atomic E-state index is -0.493. The average molecular weight is 272 g/mol. The maximum atomic E-state index is 10.8. The Morgan fingerprint density at radius 3 is 3.11 bits per heavy atom. The van der Waals surface area contributed by atoms with E-state index in [0.29, 0.717) is 12.2 Å². The molecule has 0 radical (unpaired) electrons. The molecule has 98 valence electrons. The van der Waals surface area contributed by atoms with Crippen molar-refractivity contribution in [1.29, 1.82) is 0 Å². The highest BCUT2D eigenvalue weighted by molar-refractivity contribution is 6.33. The molecule has 1 aliphatic heterocycles. The van der Waals surface area contributed by atoms with Gasteiger partial charge in [0, 0.05) is 19.3 Å². The number of hydrogen-bond acceptors (Lipinski definition) is 5. The van der Waals surface area contributed by atoms with E-state index < -0.39 is 4.92 Å². The van der Waals surface area contributed by atoms with Gasteiger partial charge in [-0.05, 0) is 19.3 Å². The summed E-state index contributed by atoms with van der Waals surface area (Å²) in [5.74, 6) is 0. The first-order chi connectivity index (χ1) is 8.68. The van der Waals surface area contributed by atoms with Gasteiger partial charge in [0.2, 0.25) is 0 Å². The van der Waals surface area contributed by atoms with E-state index in [1.165, 1.54) is 12.4 Å². The second kappa shape index (κ2) is 5.97. The van der Waals surface area contributed by atoms with Crippen LogP contribution in [0.3, 0.4) is 0 Å². The Labute approximate surface area is 109 Å². The summed E-state index contributed by atoms with van der Waals surface area (Å²) < 4.78 is 5.48. The molecule has 7 heteroatoms. The first kappa shape index (κ1) is 13.0. The standard InChI is InChI=1S/C11H14ClN3O3/c12-9-6-13-7-10(15(16)17)11(9)14-4-3-8-2-1-5-18-8/h6-8H,1-5H2,(H,13,14). The first-order valence-electron chi connectivity index (χ1n) is 5.82. The van der Waals surface area contributed by atoms with Gasteiger partial charge in [0.05, 0.1) is 16.0 Å². The van der Waals surface area contributed by atoms with Crippen molar-refractivity contribution in [1.82, 2.24) is 4.98 Å². The molecule has 6 nitrogen and oxygen atoms in total. The van der Waals surface area contributed by atoms with Crippen molar-refractivity contribution in [3.05, 3.63) is 27.5 Å². The molecule has 1 unspecified atom stereocenters. The van der Waals surface area contributed by atoms with E-state index >= 15 is 0 Å². The summed E-state index contributed by atoms with van der Waals surface area (Å²) >= 11 is 5.91. The number of aromatic nitrogens is 1. The summed E-state index contributed by atoms with van der Waals surface area (Å²) in [6, 6.07) is 0. The van der Waals surface area contributed by atoms with Gasteiger partial charge in [-0.15, -0.1) is 0 Å². The SMILES string of the molecule is O=[N+]([O-])c1cncc(Cl)c1NCCC1CCCO1. The number of pyridine rings is 1. The Hall–Kier alpha value is -1.40. The van der Waals surface area contributed by atoms with Crippen LogP contribution < -0.4 is 5.32 Å². The molecule has 1 saturated heterocycles. The molecule has 1 aromatic rings.